The van der Waals surface area contributed by atoms with Crippen LogP contribution in [0.25, 0.3) is 10.6 Å². The number of thiazole rings is 1. The maximum absolute atomic E-state index is 13.3. The van der Waals surface area contributed by atoms with Crippen molar-refractivity contribution in [1.82, 2.24) is 20.2 Å². The van der Waals surface area contributed by atoms with Crippen molar-refractivity contribution < 1.29 is 27.9 Å². The Labute approximate surface area is 254 Å². The number of aromatic hydroxyl groups is 1. The molecular weight excluding hydrogens is 595 g/mol. The number of rotatable bonds is 9. The van der Waals surface area contributed by atoms with Gasteiger partial charge in [0.15, 0.2) is 11.6 Å². The Bertz CT molecular complexity index is 1660. The summed E-state index contributed by atoms with van der Waals surface area (Å²) in [7, 11) is 0. The number of nitrogens with one attached hydrogen (secondary N) is 3. The third-order valence-corrected chi connectivity index (χ3v) is 7.64. The number of hydrogen-bond acceptors (Lipinski definition) is 8. The van der Waals surface area contributed by atoms with Gasteiger partial charge in [-0.15, -0.1) is 11.3 Å². The number of aromatic nitrogens is 1. The van der Waals surface area contributed by atoms with Gasteiger partial charge in [-0.3, -0.25) is 14.6 Å². The number of anilines is 2. The second-order valence-electron chi connectivity index (χ2n) is 9.98. The van der Waals surface area contributed by atoms with Crippen LogP contribution in [0.4, 0.5) is 29.3 Å². The molecule has 10 nitrogen and oxygen atoms in total. The largest absolute Gasteiger partial charge is 0.507 e. The van der Waals surface area contributed by atoms with E-state index in [2.05, 4.69) is 26.1 Å². The maximum atomic E-state index is 13.3. The second-order valence-corrected chi connectivity index (χ2v) is 10.8. The van der Waals surface area contributed by atoms with Crippen LogP contribution in [0, 0.1) is 17.5 Å². The lowest BCUT2D eigenvalue weighted by molar-refractivity contribution is -0.122. The summed E-state index contributed by atoms with van der Waals surface area (Å²) in [5.41, 5.74) is 5.07. The molecule has 1 aliphatic rings. The number of hydrazone groups is 1. The summed E-state index contributed by atoms with van der Waals surface area (Å²) in [6, 6.07) is 13.9. The van der Waals surface area contributed by atoms with Crippen molar-refractivity contribution >= 4 is 40.9 Å². The highest BCUT2D eigenvalue weighted by Crippen LogP contribution is 2.26. The zero-order chi connectivity index (χ0) is 31.1. The van der Waals surface area contributed by atoms with Crippen molar-refractivity contribution in [3.63, 3.8) is 0 Å². The molecular formula is C30H28F3N7O3S. The molecule has 0 atom stereocenters. The molecule has 1 saturated heterocycles. The highest BCUT2D eigenvalue weighted by molar-refractivity contribution is 7.13. The van der Waals surface area contributed by atoms with E-state index >= 15 is 0 Å². The van der Waals surface area contributed by atoms with E-state index in [1.807, 2.05) is 22.4 Å². The van der Waals surface area contributed by atoms with Crippen LogP contribution in [0.1, 0.15) is 11.3 Å². The van der Waals surface area contributed by atoms with Gasteiger partial charge in [-0.05, 0) is 48.5 Å². The monoisotopic (exact) mass is 623 g/mol. The van der Waals surface area contributed by atoms with Crippen LogP contribution in [-0.4, -0.2) is 70.8 Å². The van der Waals surface area contributed by atoms with Crippen molar-refractivity contribution in [3.8, 4) is 16.3 Å². The topological polar surface area (TPSA) is 122 Å². The van der Waals surface area contributed by atoms with Gasteiger partial charge in [0.25, 0.3) is 5.91 Å². The van der Waals surface area contributed by atoms with E-state index in [0.717, 1.165) is 41.6 Å². The van der Waals surface area contributed by atoms with Crippen LogP contribution in [-0.2, 0) is 11.3 Å². The predicted octanol–water partition coefficient (Wildman–Crippen LogP) is 4.84. The molecule has 1 aromatic heterocycles. The number of amides is 3. The number of urea groups is 1. The first-order valence-corrected chi connectivity index (χ1v) is 14.4. The standard InChI is InChI=1S/C30H28F3N7O3S/c31-21-2-1-3-23(13-21)37-30(43)36-22-6-4-19(5-7-22)29-35-24(18-44-29)16-39-8-10-40(11-9-39)17-28(42)38-34-15-20-12-25(32)26(33)14-27(20)41/h1-7,12-15,18,41H,8-11,16-17H2,(H,38,42)(H2,36,37,43)/b34-15+. The van der Waals surface area contributed by atoms with Crippen LogP contribution in [0.3, 0.4) is 0 Å². The van der Waals surface area contributed by atoms with Crippen molar-refractivity contribution in [1.29, 1.82) is 0 Å². The van der Waals surface area contributed by atoms with Crippen LogP contribution < -0.4 is 16.1 Å². The van der Waals surface area contributed by atoms with Gasteiger partial charge in [0, 0.05) is 66.7 Å². The van der Waals surface area contributed by atoms with E-state index in [-0.39, 0.29) is 18.0 Å². The van der Waals surface area contributed by atoms with Crippen LogP contribution >= 0.6 is 11.3 Å². The number of phenols is 1. The molecule has 3 aromatic carbocycles. The molecule has 0 bridgehead atoms. The summed E-state index contributed by atoms with van der Waals surface area (Å²) < 4.78 is 39.8. The van der Waals surface area contributed by atoms with Gasteiger partial charge in [-0.25, -0.2) is 28.4 Å². The molecule has 0 aliphatic carbocycles. The van der Waals surface area contributed by atoms with E-state index in [0.29, 0.717) is 37.1 Å². The Hall–Kier alpha value is -4.79. The molecule has 5 rings (SSSR count). The molecule has 0 spiro atoms. The normalized spacial score (nSPS) is 14.1. The fraction of sp³-hybridized carbons (Fsp3) is 0.200. The quantitative estimate of drug-likeness (QED) is 0.156. The molecule has 1 aliphatic heterocycles. The molecule has 44 heavy (non-hydrogen) atoms. The molecule has 0 saturated carbocycles. The lowest BCUT2D eigenvalue weighted by Crippen LogP contribution is -2.48. The third-order valence-electron chi connectivity index (χ3n) is 6.70. The lowest BCUT2D eigenvalue weighted by atomic mass is 10.2. The highest BCUT2D eigenvalue weighted by atomic mass is 32.1. The average Bonchev–Trinajstić information content (AvgIpc) is 3.45. The average molecular weight is 624 g/mol. The van der Waals surface area contributed by atoms with Crippen molar-refractivity contribution in [2.75, 3.05) is 43.4 Å². The van der Waals surface area contributed by atoms with Gasteiger partial charge in [-0.2, -0.15) is 5.10 Å². The van der Waals surface area contributed by atoms with Crippen LogP contribution in [0.15, 0.2) is 71.1 Å². The van der Waals surface area contributed by atoms with Gasteiger partial charge >= 0.3 is 6.03 Å². The Morgan fingerprint density at radius 1 is 0.932 bits per heavy atom. The number of halogens is 3. The zero-order valence-electron chi connectivity index (χ0n) is 23.3. The van der Waals surface area contributed by atoms with Gasteiger partial charge < -0.3 is 15.7 Å². The number of piperazine rings is 1. The molecule has 3 amide bonds. The fourth-order valence-electron chi connectivity index (χ4n) is 4.47. The number of carbonyl (C=O) groups excluding carboxylic acids is 2. The molecule has 0 unspecified atom stereocenters. The smallest absolute Gasteiger partial charge is 0.323 e. The zero-order valence-corrected chi connectivity index (χ0v) is 24.1. The van der Waals surface area contributed by atoms with Gasteiger partial charge in [0.05, 0.1) is 18.5 Å². The van der Waals surface area contributed by atoms with Crippen molar-refractivity contribution in [2.24, 2.45) is 5.10 Å². The summed E-state index contributed by atoms with van der Waals surface area (Å²) in [4.78, 5) is 33.5. The summed E-state index contributed by atoms with van der Waals surface area (Å²) >= 11 is 1.53. The SMILES string of the molecule is O=C(CN1CCN(Cc2csc(-c3ccc(NC(=O)Nc4cccc(F)c4)cc3)n2)CC1)N/N=C/c1cc(F)c(F)cc1O. The highest BCUT2D eigenvalue weighted by Gasteiger charge is 2.20. The Morgan fingerprint density at radius 2 is 1.64 bits per heavy atom. The molecule has 228 valence electrons. The van der Waals surface area contributed by atoms with Crippen LogP contribution in [0.2, 0.25) is 0 Å². The minimum Gasteiger partial charge on any atom is -0.507 e. The first kappa shape index (κ1) is 30.7. The predicted molar refractivity (Wildman–Crippen MR) is 162 cm³/mol. The van der Waals surface area contributed by atoms with Gasteiger partial charge in [0.2, 0.25) is 0 Å². The lowest BCUT2D eigenvalue weighted by Gasteiger charge is -2.33. The first-order chi connectivity index (χ1) is 21.2. The Balaban J connectivity index is 1.04. The van der Waals surface area contributed by atoms with E-state index < -0.39 is 29.2 Å². The van der Waals surface area contributed by atoms with Crippen LogP contribution in [0.5, 0.6) is 5.75 Å². The fourth-order valence-corrected chi connectivity index (χ4v) is 5.29. The summed E-state index contributed by atoms with van der Waals surface area (Å²) in [6.45, 7) is 3.60. The Kier molecular flexibility index (Phi) is 9.84. The van der Waals surface area contributed by atoms with E-state index in [4.69, 9.17) is 4.98 Å². The summed E-state index contributed by atoms with van der Waals surface area (Å²) in [5.74, 6) is -3.59. The molecule has 1 fully saturated rings. The van der Waals surface area contributed by atoms with Crippen molar-refractivity contribution in [3.05, 3.63) is 94.8 Å². The van der Waals surface area contributed by atoms with E-state index in [1.54, 1.807) is 18.2 Å². The molecule has 4 N–H and O–H groups in total. The number of phenolic OH excluding ortho intramolecular Hbond substituents is 1. The van der Waals surface area contributed by atoms with E-state index in [9.17, 15) is 27.9 Å². The number of nitrogens with zero attached hydrogens (tertiary/aromatic N) is 4. The number of carbonyl (C=O) groups is 2. The van der Waals surface area contributed by atoms with Crippen molar-refractivity contribution in [2.45, 2.75) is 6.54 Å². The summed E-state index contributed by atoms with van der Waals surface area (Å²) in [5, 5.41) is 21.6. The Morgan fingerprint density at radius 3 is 2.39 bits per heavy atom. The molecule has 14 heteroatoms. The third kappa shape index (κ3) is 8.40. The van der Waals surface area contributed by atoms with Gasteiger partial charge in [0.1, 0.15) is 16.6 Å². The minimum absolute atomic E-state index is 0.0553. The second kappa shape index (κ2) is 14.1. The molecule has 4 aromatic rings. The molecule has 2 heterocycles. The number of hydrogen-bond donors (Lipinski definition) is 4. The first-order valence-electron chi connectivity index (χ1n) is 13.5. The summed E-state index contributed by atoms with van der Waals surface area (Å²) in [6.07, 6.45) is 1.05. The van der Waals surface area contributed by atoms with E-state index in [1.165, 1.54) is 29.5 Å². The molecule has 0 radical (unpaired) electrons. The number of benzene rings is 3. The maximum Gasteiger partial charge on any atom is 0.323 e. The van der Waals surface area contributed by atoms with Gasteiger partial charge in [-0.1, -0.05) is 6.07 Å². The minimum atomic E-state index is -1.18.